The van der Waals surface area contributed by atoms with E-state index in [9.17, 15) is 24.3 Å². The van der Waals surface area contributed by atoms with Gasteiger partial charge in [-0.15, -0.1) is 0 Å². The fraction of sp³-hybridized carbons (Fsp3) is 0.457. The third-order valence-electron chi connectivity index (χ3n) is 8.59. The van der Waals surface area contributed by atoms with E-state index in [2.05, 4.69) is 11.2 Å². The number of methoxy groups -OCH3 is 1. The van der Waals surface area contributed by atoms with Crippen molar-refractivity contribution in [3.05, 3.63) is 60.2 Å². The van der Waals surface area contributed by atoms with Crippen LogP contribution in [0.2, 0.25) is 0 Å². The van der Waals surface area contributed by atoms with Gasteiger partial charge in [0.15, 0.2) is 6.79 Å². The van der Waals surface area contributed by atoms with Crippen LogP contribution in [0.1, 0.15) is 52.0 Å². The van der Waals surface area contributed by atoms with Gasteiger partial charge in [-0.05, 0) is 60.2 Å². The summed E-state index contributed by atoms with van der Waals surface area (Å²) in [4.78, 5) is 57.2. The average Bonchev–Trinajstić information content (AvgIpc) is 3.90. The first-order chi connectivity index (χ1) is 22.1. The molecule has 246 valence electrons. The molecule has 0 radical (unpaired) electrons. The Labute approximate surface area is 267 Å². The molecule has 0 spiro atoms. The van der Waals surface area contributed by atoms with Crippen molar-refractivity contribution in [3.63, 3.8) is 0 Å². The fourth-order valence-corrected chi connectivity index (χ4v) is 5.63. The highest BCUT2D eigenvalue weighted by Crippen LogP contribution is 2.36. The Morgan fingerprint density at radius 3 is 2.15 bits per heavy atom. The SMILES string of the molecule is CCC(C)(CC(CC(CC(C)C(=O)ON=Cc1c2ccccc2cc2ccccc12)C(=O)OCO)C(=O)OCC1CO1)C(=O)OC. The lowest BCUT2D eigenvalue weighted by Gasteiger charge is -2.30. The summed E-state index contributed by atoms with van der Waals surface area (Å²) in [6.07, 6.45) is 1.56. The summed E-state index contributed by atoms with van der Waals surface area (Å²) in [7, 11) is 1.27. The molecule has 5 atom stereocenters. The van der Waals surface area contributed by atoms with Crippen LogP contribution >= 0.6 is 0 Å². The first-order valence-electron chi connectivity index (χ1n) is 15.4. The second-order valence-corrected chi connectivity index (χ2v) is 11.9. The van der Waals surface area contributed by atoms with E-state index in [-0.39, 0.29) is 32.0 Å². The Hall–Kier alpha value is -4.35. The number of carbonyl (C=O) groups excluding carboxylic acids is 4. The number of epoxide rings is 1. The van der Waals surface area contributed by atoms with Crippen LogP contribution < -0.4 is 0 Å². The normalized spacial score (nSPS) is 17.5. The molecule has 46 heavy (non-hydrogen) atoms. The zero-order valence-corrected chi connectivity index (χ0v) is 26.6. The third kappa shape index (κ3) is 8.67. The summed E-state index contributed by atoms with van der Waals surface area (Å²) in [6, 6.07) is 17.7. The second-order valence-electron chi connectivity index (χ2n) is 11.9. The molecule has 0 saturated carbocycles. The summed E-state index contributed by atoms with van der Waals surface area (Å²) < 4.78 is 20.5. The molecule has 3 aromatic carbocycles. The highest BCUT2D eigenvalue weighted by atomic mass is 16.7. The van der Waals surface area contributed by atoms with Crippen LogP contribution in [0.4, 0.5) is 0 Å². The maximum atomic E-state index is 13.2. The van der Waals surface area contributed by atoms with Gasteiger partial charge in [-0.1, -0.05) is 67.5 Å². The minimum atomic E-state index is -1.04. The first kappa shape index (κ1) is 34.5. The Morgan fingerprint density at radius 2 is 1.59 bits per heavy atom. The van der Waals surface area contributed by atoms with Gasteiger partial charge in [0.2, 0.25) is 0 Å². The number of ether oxygens (including phenoxy) is 4. The number of hydrogen-bond donors (Lipinski definition) is 1. The highest BCUT2D eigenvalue weighted by Gasteiger charge is 2.41. The molecule has 0 bridgehead atoms. The van der Waals surface area contributed by atoms with Crippen molar-refractivity contribution in [1.82, 2.24) is 0 Å². The van der Waals surface area contributed by atoms with E-state index in [1.165, 1.54) is 13.3 Å². The molecule has 0 aliphatic carbocycles. The molecule has 1 N–H and O–H groups in total. The van der Waals surface area contributed by atoms with Crippen molar-refractivity contribution in [2.45, 2.75) is 52.6 Å². The molecule has 4 rings (SSSR count). The number of fused-ring (bicyclic) bond motifs is 2. The molecule has 5 unspecified atom stereocenters. The quantitative estimate of drug-likeness (QED) is 0.0335. The van der Waals surface area contributed by atoms with Gasteiger partial charge in [0, 0.05) is 5.56 Å². The van der Waals surface area contributed by atoms with Crippen LogP contribution in [0.15, 0.2) is 59.8 Å². The van der Waals surface area contributed by atoms with Crippen molar-refractivity contribution in [1.29, 1.82) is 0 Å². The van der Waals surface area contributed by atoms with Gasteiger partial charge < -0.3 is 28.9 Å². The minimum Gasteiger partial charge on any atom is -0.469 e. The van der Waals surface area contributed by atoms with Crippen LogP contribution in [0, 0.1) is 23.2 Å². The Morgan fingerprint density at radius 1 is 0.978 bits per heavy atom. The Balaban J connectivity index is 1.51. The third-order valence-corrected chi connectivity index (χ3v) is 8.59. The first-order valence-corrected chi connectivity index (χ1v) is 15.4. The van der Waals surface area contributed by atoms with Gasteiger partial charge in [0.25, 0.3) is 0 Å². The number of aliphatic hydroxyl groups excluding tert-OH is 1. The lowest BCUT2D eigenvalue weighted by Crippen LogP contribution is -2.36. The lowest BCUT2D eigenvalue weighted by atomic mass is 9.75. The van der Waals surface area contributed by atoms with Crippen LogP contribution in [0.5, 0.6) is 0 Å². The molecule has 1 saturated heterocycles. The standard InChI is InChI=1S/C35H41NO10/c1-5-35(3,34(41)42-4)17-26(33(40)44-20-27-19-43-27)16-25(32(39)45-21-37)14-22(2)31(38)46-36-18-30-28-12-8-6-10-23(28)15-24-11-7-9-13-29(24)30/h6-13,15,18,22,25-27,37H,5,14,16-17,19-21H2,1-4H3. The summed E-state index contributed by atoms with van der Waals surface area (Å²) in [5.74, 6) is -5.36. The van der Waals surface area contributed by atoms with Crippen LogP contribution in [-0.4, -0.2) is 68.4 Å². The van der Waals surface area contributed by atoms with Gasteiger partial charge in [-0.25, -0.2) is 4.79 Å². The van der Waals surface area contributed by atoms with Gasteiger partial charge in [-0.3, -0.25) is 14.4 Å². The second kappa shape index (κ2) is 15.8. The van der Waals surface area contributed by atoms with Gasteiger partial charge in [0.1, 0.15) is 12.7 Å². The molecule has 1 fully saturated rings. The van der Waals surface area contributed by atoms with Gasteiger partial charge in [0.05, 0.1) is 43.1 Å². The van der Waals surface area contributed by atoms with E-state index in [0.29, 0.717) is 13.0 Å². The summed E-state index contributed by atoms with van der Waals surface area (Å²) >= 11 is 0. The van der Waals surface area contributed by atoms with Crippen molar-refractivity contribution in [2.75, 3.05) is 27.1 Å². The molecular weight excluding hydrogens is 594 g/mol. The minimum absolute atomic E-state index is 0.0333. The molecule has 1 aliphatic rings. The zero-order valence-electron chi connectivity index (χ0n) is 26.6. The molecule has 3 aromatic rings. The Bertz CT molecular complexity index is 1530. The monoisotopic (exact) mass is 635 g/mol. The van der Waals surface area contributed by atoms with E-state index in [1.807, 2.05) is 48.5 Å². The van der Waals surface area contributed by atoms with Gasteiger partial charge >= 0.3 is 23.9 Å². The largest absolute Gasteiger partial charge is 0.469 e. The van der Waals surface area contributed by atoms with E-state index in [1.54, 1.807) is 20.8 Å². The molecule has 0 amide bonds. The van der Waals surface area contributed by atoms with Crippen LogP contribution in [0.25, 0.3) is 21.5 Å². The van der Waals surface area contributed by atoms with Crippen molar-refractivity contribution < 1.29 is 48.1 Å². The summed E-state index contributed by atoms with van der Waals surface area (Å²) in [6.45, 7) is 4.72. The number of nitrogens with zero attached hydrogens (tertiary/aromatic N) is 1. The van der Waals surface area contributed by atoms with E-state index < -0.39 is 53.8 Å². The predicted octanol–water partition coefficient (Wildman–Crippen LogP) is 4.93. The van der Waals surface area contributed by atoms with Crippen LogP contribution in [0.3, 0.4) is 0 Å². The lowest BCUT2D eigenvalue weighted by molar-refractivity contribution is -0.161. The topological polar surface area (TPSA) is 150 Å². The van der Waals surface area contributed by atoms with E-state index in [0.717, 1.165) is 27.1 Å². The molecule has 1 aliphatic heterocycles. The number of carbonyl (C=O) groups is 4. The predicted molar refractivity (Wildman–Crippen MR) is 169 cm³/mol. The number of aliphatic hydroxyl groups is 1. The molecule has 0 aromatic heterocycles. The van der Waals surface area contributed by atoms with E-state index >= 15 is 0 Å². The van der Waals surface area contributed by atoms with E-state index in [4.69, 9.17) is 23.8 Å². The maximum absolute atomic E-state index is 13.2. The van der Waals surface area contributed by atoms with Crippen molar-refractivity contribution in [2.24, 2.45) is 28.3 Å². The molecule has 11 nitrogen and oxygen atoms in total. The number of benzene rings is 3. The maximum Gasteiger partial charge on any atom is 0.337 e. The highest BCUT2D eigenvalue weighted by molar-refractivity contribution is 6.13. The summed E-state index contributed by atoms with van der Waals surface area (Å²) in [5.41, 5.74) is -0.244. The Kier molecular flexibility index (Phi) is 11.8. The van der Waals surface area contributed by atoms with Crippen LogP contribution in [-0.2, 0) is 43.0 Å². The average molecular weight is 636 g/mol. The molecule has 11 heteroatoms. The van der Waals surface area contributed by atoms with Crippen molar-refractivity contribution in [3.8, 4) is 0 Å². The number of rotatable bonds is 16. The molecular formula is C35H41NO10. The smallest absolute Gasteiger partial charge is 0.337 e. The fourth-order valence-electron chi connectivity index (χ4n) is 5.63. The number of esters is 3. The van der Waals surface area contributed by atoms with Crippen molar-refractivity contribution >= 4 is 51.6 Å². The number of oxime groups is 1. The zero-order chi connectivity index (χ0) is 33.3. The molecule has 1 heterocycles. The summed E-state index contributed by atoms with van der Waals surface area (Å²) in [5, 5.41) is 17.2. The number of hydrogen-bond acceptors (Lipinski definition) is 11. The van der Waals surface area contributed by atoms with Gasteiger partial charge in [-0.2, -0.15) is 0 Å².